The van der Waals surface area contributed by atoms with Gasteiger partial charge >= 0.3 is 0 Å². The smallest absolute Gasteiger partial charge is 0.233 e. The van der Waals surface area contributed by atoms with Crippen molar-refractivity contribution in [1.82, 2.24) is 4.90 Å². The third-order valence-corrected chi connectivity index (χ3v) is 6.06. The predicted molar refractivity (Wildman–Crippen MR) is 89.0 cm³/mol. The molecule has 116 valence electrons. The molecule has 0 aromatic heterocycles. The van der Waals surface area contributed by atoms with Crippen molar-refractivity contribution in [3.8, 4) is 0 Å². The highest BCUT2D eigenvalue weighted by molar-refractivity contribution is 6.30. The van der Waals surface area contributed by atoms with Crippen molar-refractivity contribution in [3.63, 3.8) is 0 Å². The number of hydrogen-bond donors (Lipinski definition) is 0. The van der Waals surface area contributed by atoms with E-state index in [-0.39, 0.29) is 5.41 Å². The van der Waals surface area contributed by atoms with Crippen LogP contribution in [0.5, 0.6) is 0 Å². The van der Waals surface area contributed by atoms with Crippen molar-refractivity contribution in [2.24, 2.45) is 0 Å². The Hall–Kier alpha value is -1.28. The van der Waals surface area contributed by atoms with E-state index in [4.69, 9.17) is 11.6 Å². The van der Waals surface area contributed by atoms with E-state index in [0.717, 1.165) is 55.5 Å². The number of amides is 1. The maximum Gasteiger partial charge on any atom is 0.233 e. The van der Waals surface area contributed by atoms with Crippen molar-refractivity contribution in [2.45, 2.75) is 62.4 Å². The van der Waals surface area contributed by atoms with Gasteiger partial charge in [0.15, 0.2) is 0 Å². The van der Waals surface area contributed by atoms with Crippen LogP contribution in [0.1, 0.15) is 50.5 Å². The largest absolute Gasteiger partial charge is 0.332 e. The molecule has 2 nitrogen and oxygen atoms in total. The topological polar surface area (TPSA) is 20.3 Å². The first-order valence-electron chi connectivity index (χ1n) is 8.46. The van der Waals surface area contributed by atoms with Crippen LogP contribution in [0.25, 0.3) is 0 Å². The first kappa shape index (κ1) is 14.3. The van der Waals surface area contributed by atoms with E-state index in [9.17, 15) is 4.79 Å². The zero-order valence-corrected chi connectivity index (χ0v) is 13.6. The second-order valence-corrected chi connectivity index (χ2v) is 7.41. The number of carbonyl (C=O) groups excluding carboxylic acids is 1. The molecule has 1 aromatic carbocycles. The second kappa shape index (κ2) is 5.42. The van der Waals surface area contributed by atoms with Gasteiger partial charge < -0.3 is 4.90 Å². The molecule has 1 amide bonds. The third kappa shape index (κ3) is 2.11. The van der Waals surface area contributed by atoms with Gasteiger partial charge in [-0.3, -0.25) is 4.79 Å². The van der Waals surface area contributed by atoms with Gasteiger partial charge in [0.1, 0.15) is 0 Å². The number of fused-ring (bicyclic) bond motifs is 2. The summed E-state index contributed by atoms with van der Waals surface area (Å²) in [6.07, 6.45) is 12.1. The van der Waals surface area contributed by atoms with Crippen LogP contribution in [0, 0.1) is 0 Å². The molecule has 1 aromatic rings. The lowest BCUT2D eigenvalue weighted by atomic mass is 9.77. The monoisotopic (exact) mass is 315 g/mol. The molecule has 22 heavy (non-hydrogen) atoms. The molecule has 3 heteroatoms. The highest BCUT2D eigenvalue weighted by Gasteiger charge is 2.49. The molecular formula is C19H22ClNO. The molecule has 2 atom stereocenters. The fraction of sp³-hybridized carbons (Fsp3) is 0.526. The maximum atomic E-state index is 13.5. The van der Waals surface area contributed by atoms with Gasteiger partial charge in [-0.05, 0) is 49.8 Å². The van der Waals surface area contributed by atoms with E-state index in [1.54, 1.807) is 0 Å². The van der Waals surface area contributed by atoms with Crippen LogP contribution in [-0.4, -0.2) is 22.9 Å². The van der Waals surface area contributed by atoms with Crippen molar-refractivity contribution < 1.29 is 4.79 Å². The van der Waals surface area contributed by atoms with Gasteiger partial charge in [0.25, 0.3) is 0 Å². The maximum absolute atomic E-state index is 13.5. The number of benzene rings is 1. The van der Waals surface area contributed by atoms with Crippen LogP contribution in [0.2, 0.25) is 5.02 Å². The molecule has 2 fully saturated rings. The Morgan fingerprint density at radius 3 is 2.55 bits per heavy atom. The first-order chi connectivity index (χ1) is 10.7. The summed E-state index contributed by atoms with van der Waals surface area (Å²) in [7, 11) is 0. The normalized spacial score (nSPS) is 29.0. The molecule has 3 aliphatic rings. The van der Waals surface area contributed by atoms with Crippen molar-refractivity contribution in [2.75, 3.05) is 0 Å². The number of nitrogens with zero attached hydrogens (tertiary/aromatic N) is 1. The molecule has 0 radical (unpaired) electrons. The van der Waals surface area contributed by atoms with Crippen LogP contribution in [0.4, 0.5) is 0 Å². The first-order valence-corrected chi connectivity index (χ1v) is 8.84. The van der Waals surface area contributed by atoms with Crippen LogP contribution < -0.4 is 0 Å². The average molecular weight is 316 g/mol. The van der Waals surface area contributed by atoms with Gasteiger partial charge in [0, 0.05) is 11.1 Å². The van der Waals surface area contributed by atoms with Gasteiger partial charge in [0.2, 0.25) is 5.91 Å². The average Bonchev–Trinajstić information content (AvgIpc) is 3.11. The van der Waals surface area contributed by atoms with Crippen molar-refractivity contribution in [3.05, 3.63) is 47.0 Å². The van der Waals surface area contributed by atoms with E-state index in [1.165, 1.54) is 0 Å². The quantitative estimate of drug-likeness (QED) is 0.737. The molecule has 2 heterocycles. The van der Waals surface area contributed by atoms with Crippen LogP contribution in [0.3, 0.4) is 0 Å². The summed E-state index contributed by atoms with van der Waals surface area (Å²) in [5.74, 6) is 0.365. The van der Waals surface area contributed by atoms with E-state index < -0.39 is 0 Å². The van der Waals surface area contributed by atoms with Gasteiger partial charge in [-0.1, -0.05) is 48.7 Å². The molecule has 2 bridgehead atoms. The highest BCUT2D eigenvalue weighted by Crippen LogP contribution is 2.45. The van der Waals surface area contributed by atoms with Crippen molar-refractivity contribution in [1.29, 1.82) is 0 Å². The summed E-state index contributed by atoms with van der Waals surface area (Å²) >= 11 is 6.04. The number of carbonyl (C=O) groups is 1. The van der Waals surface area contributed by atoms with Gasteiger partial charge in [0.05, 0.1) is 11.5 Å². The third-order valence-electron chi connectivity index (χ3n) is 5.81. The minimum absolute atomic E-state index is 0.309. The molecule has 2 aliphatic heterocycles. The lowest BCUT2D eigenvalue weighted by molar-refractivity contribution is -0.139. The Labute approximate surface area is 137 Å². The molecule has 1 saturated heterocycles. The Bertz CT molecular complexity index is 600. The lowest BCUT2D eigenvalue weighted by Crippen LogP contribution is -2.51. The molecule has 1 aliphatic carbocycles. The molecule has 0 N–H and O–H groups in total. The Morgan fingerprint density at radius 2 is 1.86 bits per heavy atom. The predicted octanol–water partition coefficient (Wildman–Crippen LogP) is 4.47. The Morgan fingerprint density at radius 1 is 1.14 bits per heavy atom. The van der Waals surface area contributed by atoms with Gasteiger partial charge in [-0.15, -0.1) is 0 Å². The summed E-state index contributed by atoms with van der Waals surface area (Å²) in [6.45, 7) is 0. The van der Waals surface area contributed by atoms with E-state index in [1.807, 2.05) is 12.1 Å². The number of halogens is 1. The molecule has 4 rings (SSSR count). The summed E-state index contributed by atoms with van der Waals surface area (Å²) < 4.78 is 0. The lowest BCUT2D eigenvalue weighted by Gasteiger charge is -2.39. The van der Waals surface area contributed by atoms with Gasteiger partial charge in [-0.25, -0.2) is 0 Å². The standard InChI is InChI=1S/C19H22ClNO/c20-15-8-6-14(7-9-15)19(12-1-2-13-19)18(22)21-16-4-3-5-17(21)11-10-16/h3-4,6-9,16-17H,1-2,5,10-13H2/t16-,17-/m0/s1. The molecule has 0 unspecified atom stereocenters. The fourth-order valence-electron chi connectivity index (χ4n) is 4.66. The van der Waals surface area contributed by atoms with E-state index in [2.05, 4.69) is 29.2 Å². The van der Waals surface area contributed by atoms with Crippen LogP contribution >= 0.6 is 11.6 Å². The zero-order chi connectivity index (χ0) is 15.2. The molecule has 1 saturated carbocycles. The SMILES string of the molecule is O=C(N1[C@H]2CC=C[C@H]1CC2)C1(c2ccc(Cl)cc2)CCCC1. The summed E-state index contributed by atoms with van der Waals surface area (Å²) in [5, 5.41) is 0.741. The molecular weight excluding hydrogens is 294 g/mol. The second-order valence-electron chi connectivity index (χ2n) is 6.97. The van der Waals surface area contributed by atoms with Crippen LogP contribution in [0.15, 0.2) is 36.4 Å². The fourth-order valence-corrected chi connectivity index (χ4v) is 4.79. The number of rotatable bonds is 2. The van der Waals surface area contributed by atoms with E-state index >= 15 is 0 Å². The highest BCUT2D eigenvalue weighted by atomic mass is 35.5. The minimum Gasteiger partial charge on any atom is -0.332 e. The minimum atomic E-state index is -0.309. The Kier molecular flexibility index (Phi) is 3.53. The van der Waals surface area contributed by atoms with Crippen molar-refractivity contribution >= 4 is 17.5 Å². The molecule has 0 spiro atoms. The van der Waals surface area contributed by atoms with Gasteiger partial charge in [-0.2, -0.15) is 0 Å². The van der Waals surface area contributed by atoms with Crippen LogP contribution in [-0.2, 0) is 10.2 Å². The summed E-state index contributed by atoms with van der Waals surface area (Å²) in [5.41, 5.74) is 0.852. The van der Waals surface area contributed by atoms with E-state index in [0.29, 0.717) is 18.0 Å². The number of hydrogen-bond acceptors (Lipinski definition) is 1. The summed E-state index contributed by atoms with van der Waals surface area (Å²) in [6, 6.07) is 8.73. The summed E-state index contributed by atoms with van der Waals surface area (Å²) in [4.78, 5) is 15.7. The zero-order valence-electron chi connectivity index (χ0n) is 12.8. The Balaban J connectivity index is 1.71.